The molecular formula is C37H48O5. The Labute approximate surface area is 252 Å². The van der Waals surface area contributed by atoms with E-state index in [2.05, 4.69) is 13.8 Å². The molecule has 42 heavy (non-hydrogen) atoms. The third kappa shape index (κ3) is 12.1. The van der Waals surface area contributed by atoms with Gasteiger partial charge in [-0.15, -0.1) is 0 Å². The Hall–Kier alpha value is -3.60. The molecule has 5 nitrogen and oxygen atoms in total. The molecule has 0 fully saturated rings. The molecule has 0 unspecified atom stereocenters. The van der Waals surface area contributed by atoms with E-state index >= 15 is 0 Å². The Morgan fingerprint density at radius 1 is 0.738 bits per heavy atom. The fraction of sp³-hybridized carbons (Fsp3) is 0.459. The summed E-state index contributed by atoms with van der Waals surface area (Å²) in [6.07, 6.45) is 17.1. The van der Waals surface area contributed by atoms with Crippen LogP contribution in [-0.4, -0.2) is 25.2 Å². The normalized spacial score (nSPS) is 12.0. The molecule has 0 radical (unpaired) electrons. The van der Waals surface area contributed by atoms with Crippen LogP contribution in [0.5, 0.6) is 11.5 Å². The fourth-order valence-electron chi connectivity index (χ4n) is 4.59. The average molecular weight is 573 g/mol. The molecule has 3 rings (SSSR count). The molecular weight excluding hydrogens is 524 g/mol. The van der Waals surface area contributed by atoms with Crippen LogP contribution in [0.2, 0.25) is 0 Å². The number of benzene rings is 3. The quantitative estimate of drug-likeness (QED) is 0.0619. The van der Waals surface area contributed by atoms with E-state index in [1.165, 1.54) is 63.9 Å². The van der Waals surface area contributed by atoms with Crippen molar-refractivity contribution in [2.24, 2.45) is 5.92 Å². The Morgan fingerprint density at radius 3 is 2.05 bits per heavy atom. The topological polar surface area (TPSA) is 61.8 Å². The van der Waals surface area contributed by atoms with Gasteiger partial charge in [-0.25, -0.2) is 9.59 Å². The third-order valence-electron chi connectivity index (χ3n) is 7.52. The maximum Gasteiger partial charge on any atom is 0.343 e. The van der Waals surface area contributed by atoms with Crippen LogP contribution in [0.25, 0.3) is 16.8 Å². The van der Waals surface area contributed by atoms with E-state index in [0.29, 0.717) is 23.8 Å². The molecule has 0 N–H and O–H groups in total. The summed E-state index contributed by atoms with van der Waals surface area (Å²) in [5, 5.41) is 1.97. The van der Waals surface area contributed by atoms with Crippen LogP contribution in [0.1, 0.15) is 107 Å². The number of hydrogen-bond acceptors (Lipinski definition) is 5. The van der Waals surface area contributed by atoms with Gasteiger partial charge in [0.1, 0.15) is 11.5 Å². The van der Waals surface area contributed by atoms with E-state index in [0.717, 1.165) is 41.5 Å². The van der Waals surface area contributed by atoms with Gasteiger partial charge in [-0.3, -0.25) is 0 Å². The molecule has 0 saturated heterocycles. The first-order valence-corrected chi connectivity index (χ1v) is 15.8. The second kappa shape index (κ2) is 18.8. The number of ether oxygens (including phenoxy) is 3. The predicted molar refractivity (Wildman–Crippen MR) is 172 cm³/mol. The summed E-state index contributed by atoms with van der Waals surface area (Å²) in [6.45, 7) is 7.51. The van der Waals surface area contributed by atoms with E-state index in [1.54, 1.807) is 36.4 Å². The molecule has 0 amide bonds. The molecule has 0 aliphatic rings. The summed E-state index contributed by atoms with van der Waals surface area (Å²) >= 11 is 0. The van der Waals surface area contributed by atoms with E-state index < -0.39 is 5.97 Å². The Kier molecular flexibility index (Phi) is 14.7. The summed E-state index contributed by atoms with van der Waals surface area (Å²) in [4.78, 5) is 24.6. The summed E-state index contributed by atoms with van der Waals surface area (Å²) in [5.74, 6) is 0.846. The zero-order chi connectivity index (χ0) is 30.0. The molecule has 0 aliphatic carbocycles. The van der Waals surface area contributed by atoms with Crippen molar-refractivity contribution >= 4 is 28.8 Å². The van der Waals surface area contributed by atoms with Crippen molar-refractivity contribution in [1.82, 2.24) is 0 Å². The number of fused-ring (bicyclic) bond motifs is 1. The van der Waals surface area contributed by atoms with Crippen LogP contribution in [0.15, 0.2) is 66.7 Å². The first-order valence-electron chi connectivity index (χ1n) is 15.8. The largest absolute Gasteiger partial charge is 0.494 e. The van der Waals surface area contributed by atoms with Crippen LogP contribution in [0, 0.1) is 5.92 Å². The van der Waals surface area contributed by atoms with Crippen molar-refractivity contribution in [2.75, 3.05) is 13.2 Å². The maximum atomic E-state index is 12.8. The number of rotatable bonds is 19. The standard InChI is InChI=1S/C37H48O5/c1-4-6-7-8-9-10-11-12-13-14-25-40-35-23-20-31-26-33(19-18-32(31)27-35)37(39)42-34-21-15-30(16-22-34)17-24-36(38)41-28-29(3)5-2/h15-24,26-27,29H,4-14,25,28H2,1-3H3/b24-17+/t29-/m0/s1. The minimum absolute atomic E-state index is 0.342. The van der Waals surface area contributed by atoms with Crippen molar-refractivity contribution in [1.29, 1.82) is 0 Å². The molecule has 1 atom stereocenters. The zero-order valence-electron chi connectivity index (χ0n) is 25.7. The third-order valence-corrected chi connectivity index (χ3v) is 7.52. The minimum Gasteiger partial charge on any atom is -0.494 e. The molecule has 5 heteroatoms. The van der Waals surface area contributed by atoms with Crippen LogP contribution in [0.4, 0.5) is 0 Å². The number of carbonyl (C=O) groups excluding carboxylic acids is 2. The highest BCUT2D eigenvalue weighted by Gasteiger charge is 2.10. The Bertz CT molecular complexity index is 1260. The number of esters is 2. The molecule has 226 valence electrons. The van der Waals surface area contributed by atoms with Gasteiger partial charge in [0.2, 0.25) is 0 Å². The molecule has 0 bridgehead atoms. The minimum atomic E-state index is -0.421. The summed E-state index contributed by atoms with van der Waals surface area (Å²) in [5.41, 5.74) is 1.29. The summed E-state index contributed by atoms with van der Waals surface area (Å²) in [6, 6.07) is 18.5. The molecule has 0 aromatic heterocycles. The first-order chi connectivity index (χ1) is 20.5. The molecule has 0 aliphatic heterocycles. The maximum absolute atomic E-state index is 12.8. The van der Waals surface area contributed by atoms with Crippen LogP contribution >= 0.6 is 0 Å². The van der Waals surface area contributed by atoms with Crippen molar-refractivity contribution in [2.45, 2.75) is 91.4 Å². The van der Waals surface area contributed by atoms with E-state index in [4.69, 9.17) is 14.2 Å². The molecule has 0 saturated carbocycles. The van der Waals surface area contributed by atoms with Gasteiger partial charge in [-0.05, 0) is 71.1 Å². The second-order valence-electron chi connectivity index (χ2n) is 11.2. The smallest absolute Gasteiger partial charge is 0.343 e. The molecule has 0 heterocycles. The summed E-state index contributed by atoms with van der Waals surface area (Å²) in [7, 11) is 0. The molecule has 3 aromatic carbocycles. The van der Waals surface area contributed by atoms with Crippen molar-refractivity contribution < 1.29 is 23.8 Å². The highest BCUT2D eigenvalue weighted by atomic mass is 16.5. The van der Waals surface area contributed by atoms with Crippen LogP contribution in [0.3, 0.4) is 0 Å². The summed E-state index contributed by atoms with van der Waals surface area (Å²) < 4.78 is 16.8. The van der Waals surface area contributed by atoms with Gasteiger partial charge in [-0.2, -0.15) is 0 Å². The predicted octanol–water partition coefficient (Wildman–Crippen LogP) is 9.96. The van der Waals surface area contributed by atoms with E-state index in [-0.39, 0.29) is 5.97 Å². The van der Waals surface area contributed by atoms with Crippen molar-refractivity contribution in [3.8, 4) is 11.5 Å². The van der Waals surface area contributed by atoms with Crippen molar-refractivity contribution in [3.63, 3.8) is 0 Å². The first kappa shape index (κ1) is 32.9. The van der Waals surface area contributed by atoms with Gasteiger partial charge in [0.25, 0.3) is 0 Å². The fourth-order valence-corrected chi connectivity index (χ4v) is 4.59. The number of unbranched alkanes of at least 4 members (excludes halogenated alkanes) is 9. The van der Waals surface area contributed by atoms with Gasteiger partial charge in [0.05, 0.1) is 18.8 Å². The lowest BCUT2D eigenvalue weighted by Gasteiger charge is -2.09. The Morgan fingerprint density at radius 2 is 1.36 bits per heavy atom. The monoisotopic (exact) mass is 572 g/mol. The molecule has 3 aromatic rings. The lowest BCUT2D eigenvalue weighted by atomic mass is 10.1. The van der Waals surface area contributed by atoms with Gasteiger partial charge < -0.3 is 14.2 Å². The highest BCUT2D eigenvalue weighted by molar-refractivity contribution is 5.96. The van der Waals surface area contributed by atoms with E-state index in [9.17, 15) is 9.59 Å². The average Bonchev–Trinajstić information content (AvgIpc) is 3.01. The van der Waals surface area contributed by atoms with Crippen LogP contribution in [-0.2, 0) is 9.53 Å². The number of carbonyl (C=O) groups is 2. The van der Waals surface area contributed by atoms with Gasteiger partial charge >= 0.3 is 11.9 Å². The van der Waals surface area contributed by atoms with Gasteiger partial charge in [0.15, 0.2) is 0 Å². The molecule has 0 spiro atoms. The number of hydrogen-bond donors (Lipinski definition) is 0. The van der Waals surface area contributed by atoms with E-state index in [1.807, 2.05) is 37.3 Å². The zero-order valence-corrected chi connectivity index (χ0v) is 25.7. The SMILES string of the molecule is CCCCCCCCCCCCOc1ccc2cc(C(=O)Oc3ccc(/C=C/C(=O)OC[C@@H](C)CC)cc3)ccc2c1. The lowest BCUT2D eigenvalue weighted by Crippen LogP contribution is -2.09. The van der Waals surface area contributed by atoms with Crippen LogP contribution < -0.4 is 9.47 Å². The highest BCUT2D eigenvalue weighted by Crippen LogP contribution is 2.24. The van der Waals surface area contributed by atoms with Gasteiger partial charge in [0, 0.05) is 6.08 Å². The van der Waals surface area contributed by atoms with Crippen molar-refractivity contribution in [3.05, 3.63) is 77.9 Å². The van der Waals surface area contributed by atoms with Gasteiger partial charge in [-0.1, -0.05) is 109 Å². The Balaban J connectivity index is 1.41. The second-order valence-corrected chi connectivity index (χ2v) is 11.2. The lowest BCUT2D eigenvalue weighted by molar-refractivity contribution is -0.138.